The van der Waals surface area contributed by atoms with Gasteiger partial charge >= 0.3 is 0 Å². The maximum atomic E-state index is 13.3. The van der Waals surface area contributed by atoms with E-state index in [0.29, 0.717) is 31.7 Å². The summed E-state index contributed by atoms with van der Waals surface area (Å²) in [7, 11) is -0.829. The van der Waals surface area contributed by atoms with Gasteiger partial charge in [0.05, 0.1) is 49.3 Å². The summed E-state index contributed by atoms with van der Waals surface area (Å²) >= 11 is 0. The van der Waals surface area contributed by atoms with E-state index >= 15 is 0 Å². The number of fused-ring (bicyclic) bond motifs is 1. The molecule has 0 spiro atoms. The average molecular weight is 510 g/mol. The van der Waals surface area contributed by atoms with E-state index in [1.54, 1.807) is 34.8 Å². The monoisotopic (exact) mass is 509 g/mol. The number of methoxy groups -OCH3 is 1. The van der Waals surface area contributed by atoms with Crippen molar-refractivity contribution in [1.82, 2.24) is 24.2 Å². The number of hydrogen-bond donors (Lipinski definition) is 1. The van der Waals surface area contributed by atoms with Gasteiger partial charge in [0.25, 0.3) is 0 Å². The second-order valence-electron chi connectivity index (χ2n) is 8.92. The Balaban J connectivity index is 1.87. The predicted octanol–water partition coefficient (Wildman–Crippen LogP) is 1.13. The number of aliphatic hydroxyl groups excluding tert-OH is 1. The zero-order valence-corrected chi connectivity index (χ0v) is 21.5. The Morgan fingerprint density at radius 1 is 1.37 bits per heavy atom. The summed E-state index contributed by atoms with van der Waals surface area (Å²) in [5, 5.41) is 17.8. The molecule has 0 aliphatic carbocycles. The summed E-state index contributed by atoms with van der Waals surface area (Å²) in [5.41, 5.74) is 0.758. The van der Waals surface area contributed by atoms with Crippen LogP contribution in [-0.4, -0.2) is 89.6 Å². The molecule has 1 aromatic carbocycles. The number of carbonyl (C=O) groups is 1. The van der Waals surface area contributed by atoms with Gasteiger partial charge in [0, 0.05) is 45.1 Å². The number of aliphatic hydroxyl groups is 1. The molecule has 12 heteroatoms. The molecule has 0 unspecified atom stereocenters. The Hall–Kier alpha value is -2.54. The first kappa shape index (κ1) is 27.1. The van der Waals surface area contributed by atoms with Crippen molar-refractivity contribution in [2.24, 2.45) is 5.92 Å². The highest BCUT2D eigenvalue weighted by molar-refractivity contribution is 7.89. The number of rotatable bonds is 7. The first-order valence-corrected chi connectivity index (χ1v) is 13.1. The number of sulfonamides is 1. The number of carbonyl (C=O) groups excluding carboxylic acids is 1. The lowest BCUT2D eigenvalue weighted by molar-refractivity contribution is -0.136. The molecule has 0 saturated heterocycles. The van der Waals surface area contributed by atoms with E-state index < -0.39 is 16.1 Å². The minimum atomic E-state index is -3.82. The fourth-order valence-corrected chi connectivity index (χ4v) is 5.26. The second-order valence-corrected chi connectivity index (χ2v) is 11.0. The SMILES string of the molecule is COc1cccc(S(=O)(=O)N(C)C[C@@H]2OCc3cnnn3CCCC(=O)N([C@H](C)CO)C[C@@H]2C)c1. The molecule has 0 bridgehead atoms. The third-order valence-electron chi connectivity index (χ3n) is 6.33. The molecule has 35 heavy (non-hydrogen) atoms. The lowest BCUT2D eigenvalue weighted by atomic mass is 10.0. The van der Waals surface area contributed by atoms with Gasteiger partial charge in [-0.3, -0.25) is 4.79 Å². The minimum absolute atomic E-state index is 0.0673. The summed E-state index contributed by atoms with van der Waals surface area (Å²) < 4.78 is 40.9. The summed E-state index contributed by atoms with van der Waals surface area (Å²) in [6.07, 6.45) is 1.98. The van der Waals surface area contributed by atoms with Crippen LogP contribution in [-0.2, 0) is 32.7 Å². The van der Waals surface area contributed by atoms with E-state index in [1.165, 1.54) is 30.6 Å². The van der Waals surface area contributed by atoms with Gasteiger partial charge in [-0.2, -0.15) is 4.31 Å². The van der Waals surface area contributed by atoms with Crippen LogP contribution < -0.4 is 4.74 Å². The number of aryl methyl sites for hydroxylation is 1. The van der Waals surface area contributed by atoms with Crippen LogP contribution in [0.25, 0.3) is 0 Å². The van der Waals surface area contributed by atoms with Crippen molar-refractivity contribution in [3.8, 4) is 5.75 Å². The van der Waals surface area contributed by atoms with Crippen molar-refractivity contribution in [1.29, 1.82) is 0 Å². The number of amides is 1. The van der Waals surface area contributed by atoms with Crippen molar-refractivity contribution >= 4 is 15.9 Å². The molecule has 11 nitrogen and oxygen atoms in total. The molecule has 2 aromatic rings. The molecule has 1 aliphatic heterocycles. The molecule has 2 heterocycles. The topological polar surface area (TPSA) is 127 Å². The smallest absolute Gasteiger partial charge is 0.243 e. The highest BCUT2D eigenvalue weighted by Gasteiger charge is 2.31. The van der Waals surface area contributed by atoms with Crippen molar-refractivity contribution in [3.63, 3.8) is 0 Å². The first-order chi connectivity index (χ1) is 16.7. The van der Waals surface area contributed by atoms with Gasteiger partial charge in [0.1, 0.15) is 5.75 Å². The maximum Gasteiger partial charge on any atom is 0.243 e. The van der Waals surface area contributed by atoms with E-state index in [4.69, 9.17) is 9.47 Å². The van der Waals surface area contributed by atoms with Gasteiger partial charge < -0.3 is 19.5 Å². The third-order valence-corrected chi connectivity index (χ3v) is 8.15. The molecule has 0 radical (unpaired) electrons. The highest BCUT2D eigenvalue weighted by Crippen LogP contribution is 2.23. The number of hydrogen-bond acceptors (Lipinski definition) is 8. The lowest BCUT2D eigenvalue weighted by Gasteiger charge is -2.35. The Labute approximate surface area is 206 Å². The molecule has 1 amide bonds. The van der Waals surface area contributed by atoms with E-state index in [2.05, 4.69) is 10.3 Å². The van der Waals surface area contributed by atoms with E-state index in [-0.39, 0.29) is 42.5 Å². The summed E-state index contributed by atoms with van der Waals surface area (Å²) in [5.74, 6) is 0.152. The van der Waals surface area contributed by atoms with Crippen LogP contribution in [0.3, 0.4) is 0 Å². The Bertz CT molecular complexity index is 1090. The zero-order chi connectivity index (χ0) is 25.6. The molecule has 1 aromatic heterocycles. The molecule has 0 saturated carbocycles. The van der Waals surface area contributed by atoms with Crippen LogP contribution >= 0.6 is 0 Å². The van der Waals surface area contributed by atoms with E-state index in [0.717, 1.165) is 5.69 Å². The molecule has 3 rings (SSSR count). The van der Waals surface area contributed by atoms with E-state index in [9.17, 15) is 18.3 Å². The second kappa shape index (κ2) is 11.9. The van der Waals surface area contributed by atoms with Gasteiger partial charge in [0.15, 0.2) is 0 Å². The molecule has 1 aliphatic rings. The fraction of sp³-hybridized carbons (Fsp3) is 0.609. The summed E-state index contributed by atoms with van der Waals surface area (Å²) in [6, 6.07) is 5.94. The first-order valence-electron chi connectivity index (χ1n) is 11.7. The van der Waals surface area contributed by atoms with Crippen LogP contribution in [0.5, 0.6) is 5.75 Å². The molecular formula is C23H35N5O6S. The van der Waals surface area contributed by atoms with Crippen LogP contribution in [0.15, 0.2) is 35.4 Å². The van der Waals surface area contributed by atoms with Crippen molar-refractivity contribution in [3.05, 3.63) is 36.2 Å². The number of nitrogens with zero attached hydrogens (tertiary/aromatic N) is 5. The molecule has 1 N–H and O–H groups in total. The average Bonchev–Trinajstić information content (AvgIpc) is 3.30. The lowest BCUT2D eigenvalue weighted by Crippen LogP contribution is -2.47. The largest absolute Gasteiger partial charge is 0.497 e. The van der Waals surface area contributed by atoms with E-state index in [1.807, 2.05) is 6.92 Å². The Morgan fingerprint density at radius 2 is 2.14 bits per heavy atom. The standard InChI is InChI=1S/C23H35N5O6S/c1-17-13-27(18(2)15-29)23(30)9-6-10-28-19(12-24-25-28)16-34-22(17)14-26(3)35(31,32)21-8-5-7-20(11-21)33-4/h5,7-8,11-12,17-18,22,29H,6,9-10,13-16H2,1-4H3/t17-,18+,22-/m0/s1. The maximum absolute atomic E-state index is 13.3. The highest BCUT2D eigenvalue weighted by atomic mass is 32.2. The molecular weight excluding hydrogens is 474 g/mol. The van der Waals surface area contributed by atoms with Crippen LogP contribution in [0.4, 0.5) is 0 Å². The van der Waals surface area contributed by atoms with Crippen molar-refractivity contribution in [2.75, 3.05) is 33.9 Å². The van der Waals surface area contributed by atoms with Gasteiger partial charge in [-0.15, -0.1) is 5.10 Å². The fourth-order valence-electron chi connectivity index (χ4n) is 4.04. The van der Waals surface area contributed by atoms with Gasteiger partial charge in [-0.05, 0) is 25.5 Å². The zero-order valence-electron chi connectivity index (χ0n) is 20.7. The Kier molecular flexibility index (Phi) is 9.22. The van der Waals surface area contributed by atoms with Gasteiger partial charge in [0.2, 0.25) is 15.9 Å². The number of likely N-dealkylation sites (N-methyl/N-ethyl adjacent to an activating group) is 1. The minimum Gasteiger partial charge on any atom is -0.497 e. The normalized spacial score (nSPS) is 21.2. The Morgan fingerprint density at radius 3 is 2.86 bits per heavy atom. The molecule has 194 valence electrons. The van der Waals surface area contributed by atoms with Crippen LogP contribution in [0.1, 0.15) is 32.4 Å². The van der Waals surface area contributed by atoms with Crippen molar-refractivity contribution in [2.45, 2.75) is 56.9 Å². The van der Waals surface area contributed by atoms with Gasteiger partial charge in [-0.1, -0.05) is 18.2 Å². The predicted molar refractivity (Wildman–Crippen MR) is 128 cm³/mol. The molecule has 0 fully saturated rings. The van der Waals surface area contributed by atoms with Crippen LogP contribution in [0.2, 0.25) is 0 Å². The van der Waals surface area contributed by atoms with Gasteiger partial charge in [-0.25, -0.2) is 13.1 Å². The number of benzene rings is 1. The van der Waals surface area contributed by atoms with Crippen LogP contribution in [0, 0.1) is 5.92 Å². The molecule has 3 atom stereocenters. The summed E-state index contributed by atoms with van der Waals surface area (Å²) in [6.45, 7) is 4.66. The summed E-state index contributed by atoms with van der Waals surface area (Å²) in [4.78, 5) is 14.7. The third kappa shape index (κ3) is 6.57. The number of ether oxygens (including phenoxy) is 2. The van der Waals surface area contributed by atoms with Crippen molar-refractivity contribution < 1.29 is 27.8 Å². The number of aromatic nitrogens is 3. The quantitative estimate of drug-likeness (QED) is 0.589.